The summed E-state index contributed by atoms with van der Waals surface area (Å²) in [5, 5.41) is 13.9. The third-order valence-corrected chi connectivity index (χ3v) is 5.27. The lowest BCUT2D eigenvalue weighted by Gasteiger charge is -2.24. The van der Waals surface area contributed by atoms with Gasteiger partial charge in [0.15, 0.2) is 9.84 Å². The molecule has 0 aromatic carbocycles. The Morgan fingerprint density at radius 2 is 1.89 bits per heavy atom. The van der Waals surface area contributed by atoms with Crippen molar-refractivity contribution in [3.63, 3.8) is 0 Å². The molecule has 19 heavy (non-hydrogen) atoms. The molecule has 0 aromatic heterocycles. The monoisotopic (exact) mass is 290 g/mol. The number of carboxylic acid groups (broad SMARTS) is 1. The van der Waals surface area contributed by atoms with E-state index in [-0.39, 0.29) is 17.4 Å². The lowest BCUT2D eigenvalue weighted by molar-refractivity contribution is -0.139. The maximum atomic E-state index is 11.7. The molecule has 1 saturated heterocycles. The first kappa shape index (κ1) is 14.1. The highest BCUT2D eigenvalue weighted by atomic mass is 32.2. The Balaban J connectivity index is 1.85. The van der Waals surface area contributed by atoms with Gasteiger partial charge in [-0.25, -0.2) is 18.0 Å². The van der Waals surface area contributed by atoms with Gasteiger partial charge in [0, 0.05) is 6.04 Å². The Morgan fingerprint density at radius 1 is 1.21 bits per heavy atom. The van der Waals surface area contributed by atoms with Gasteiger partial charge < -0.3 is 15.7 Å². The van der Waals surface area contributed by atoms with E-state index in [0.717, 1.165) is 12.8 Å². The van der Waals surface area contributed by atoms with Gasteiger partial charge in [-0.15, -0.1) is 0 Å². The number of carbonyl (C=O) groups is 2. The molecule has 2 amide bonds. The Bertz CT molecular complexity index is 471. The summed E-state index contributed by atoms with van der Waals surface area (Å²) in [5.74, 6) is -0.957. The van der Waals surface area contributed by atoms with Crippen molar-refractivity contribution < 1.29 is 23.1 Å². The van der Waals surface area contributed by atoms with Crippen molar-refractivity contribution in [2.75, 3.05) is 11.5 Å². The molecule has 1 aliphatic carbocycles. The van der Waals surface area contributed by atoms with Crippen LogP contribution in [0.4, 0.5) is 4.79 Å². The number of sulfone groups is 1. The quantitative estimate of drug-likeness (QED) is 0.659. The Hall–Kier alpha value is -1.31. The van der Waals surface area contributed by atoms with Crippen LogP contribution in [0.1, 0.15) is 25.7 Å². The zero-order valence-electron chi connectivity index (χ0n) is 10.5. The van der Waals surface area contributed by atoms with Crippen LogP contribution >= 0.6 is 0 Å². The molecule has 0 spiro atoms. The van der Waals surface area contributed by atoms with Crippen LogP contribution < -0.4 is 10.6 Å². The average Bonchev–Trinajstić information content (AvgIpc) is 3.07. The molecular formula is C11H18N2O5S. The minimum absolute atomic E-state index is 0.00154. The van der Waals surface area contributed by atoms with E-state index < -0.39 is 33.9 Å². The standard InChI is InChI=1S/C11H18N2O5S/c14-10(15)9(7-3-4-7)13-11(16)12-8-2-1-5-19(17,18)6-8/h7-9H,1-6H2,(H,14,15)(H2,12,13,16). The van der Waals surface area contributed by atoms with E-state index in [1.54, 1.807) is 0 Å². The van der Waals surface area contributed by atoms with Gasteiger partial charge in [0.1, 0.15) is 6.04 Å². The molecule has 8 heteroatoms. The fourth-order valence-corrected chi connectivity index (χ4v) is 3.95. The third-order valence-electron chi connectivity index (χ3n) is 3.44. The molecule has 2 atom stereocenters. The smallest absolute Gasteiger partial charge is 0.326 e. The van der Waals surface area contributed by atoms with Crippen molar-refractivity contribution in [1.82, 2.24) is 10.6 Å². The number of carbonyl (C=O) groups excluding carboxylic acids is 1. The minimum atomic E-state index is -3.09. The summed E-state index contributed by atoms with van der Waals surface area (Å²) < 4.78 is 22.9. The molecule has 2 aliphatic rings. The number of hydrogen-bond donors (Lipinski definition) is 3. The fraction of sp³-hybridized carbons (Fsp3) is 0.818. The maximum absolute atomic E-state index is 11.7. The third kappa shape index (κ3) is 4.09. The molecule has 2 rings (SSSR count). The van der Waals surface area contributed by atoms with Crippen molar-refractivity contribution in [1.29, 1.82) is 0 Å². The molecule has 3 N–H and O–H groups in total. The highest BCUT2D eigenvalue weighted by Gasteiger charge is 2.37. The van der Waals surface area contributed by atoms with Crippen LogP contribution in [0.2, 0.25) is 0 Å². The number of carboxylic acids is 1. The molecular weight excluding hydrogens is 272 g/mol. The second kappa shape index (κ2) is 5.36. The van der Waals surface area contributed by atoms with Crippen LogP contribution in [0.15, 0.2) is 0 Å². The molecule has 108 valence electrons. The molecule has 0 radical (unpaired) electrons. The summed E-state index contributed by atoms with van der Waals surface area (Å²) in [5.41, 5.74) is 0. The van der Waals surface area contributed by atoms with E-state index in [1.807, 2.05) is 0 Å². The predicted octanol–water partition coefficient (Wildman–Crippen LogP) is -0.274. The summed E-state index contributed by atoms with van der Waals surface area (Å²) in [4.78, 5) is 22.7. The lowest BCUT2D eigenvalue weighted by Crippen LogP contribution is -2.52. The zero-order chi connectivity index (χ0) is 14.0. The highest BCUT2D eigenvalue weighted by molar-refractivity contribution is 7.91. The molecule has 0 bridgehead atoms. The van der Waals surface area contributed by atoms with E-state index in [1.165, 1.54) is 0 Å². The first-order valence-electron chi connectivity index (χ1n) is 6.37. The maximum Gasteiger partial charge on any atom is 0.326 e. The Morgan fingerprint density at radius 3 is 2.42 bits per heavy atom. The molecule has 1 saturated carbocycles. The minimum Gasteiger partial charge on any atom is -0.480 e. The van der Waals surface area contributed by atoms with Gasteiger partial charge >= 0.3 is 12.0 Å². The van der Waals surface area contributed by atoms with Crippen molar-refractivity contribution >= 4 is 21.8 Å². The molecule has 1 aliphatic heterocycles. The Kier molecular flexibility index (Phi) is 3.98. The molecule has 2 fully saturated rings. The van der Waals surface area contributed by atoms with E-state index >= 15 is 0 Å². The fourth-order valence-electron chi connectivity index (χ4n) is 2.32. The first-order chi connectivity index (χ1) is 8.87. The number of aliphatic carboxylic acids is 1. The van der Waals surface area contributed by atoms with Gasteiger partial charge in [-0.1, -0.05) is 0 Å². The van der Waals surface area contributed by atoms with Crippen LogP contribution in [-0.2, 0) is 14.6 Å². The molecule has 1 heterocycles. The number of rotatable bonds is 4. The summed E-state index contributed by atoms with van der Waals surface area (Å²) in [6.45, 7) is 0. The largest absolute Gasteiger partial charge is 0.480 e. The van der Waals surface area contributed by atoms with Gasteiger partial charge in [0.25, 0.3) is 0 Å². The molecule has 0 aromatic rings. The van der Waals surface area contributed by atoms with Crippen LogP contribution in [-0.4, -0.2) is 49.1 Å². The number of hydrogen-bond acceptors (Lipinski definition) is 4. The Labute approximate surface area is 111 Å². The van der Waals surface area contributed by atoms with Crippen molar-refractivity contribution in [3.8, 4) is 0 Å². The van der Waals surface area contributed by atoms with Crippen LogP contribution in [0.5, 0.6) is 0 Å². The van der Waals surface area contributed by atoms with E-state index in [4.69, 9.17) is 5.11 Å². The molecule has 7 nitrogen and oxygen atoms in total. The van der Waals surface area contributed by atoms with Crippen LogP contribution in [0.3, 0.4) is 0 Å². The van der Waals surface area contributed by atoms with Crippen LogP contribution in [0, 0.1) is 5.92 Å². The van der Waals surface area contributed by atoms with Crippen molar-refractivity contribution in [2.45, 2.75) is 37.8 Å². The zero-order valence-corrected chi connectivity index (χ0v) is 11.3. The van der Waals surface area contributed by atoms with E-state index in [9.17, 15) is 18.0 Å². The summed E-state index contributed by atoms with van der Waals surface area (Å²) >= 11 is 0. The summed E-state index contributed by atoms with van der Waals surface area (Å²) in [7, 11) is -3.09. The highest BCUT2D eigenvalue weighted by Crippen LogP contribution is 2.32. The summed E-state index contributed by atoms with van der Waals surface area (Å²) in [6, 6.07) is -1.89. The number of urea groups is 1. The second-order valence-electron chi connectivity index (χ2n) is 5.22. The number of amides is 2. The second-order valence-corrected chi connectivity index (χ2v) is 7.45. The van der Waals surface area contributed by atoms with Gasteiger partial charge in [-0.05, 0) is 31.6 Å². The average molecular weight is 290 g/mol. The summed E-state index contributed by atoms with van der Waals surface area (Å²) in [6.07, 6.45) is 2.73. The van der Waals surface area contributed by atoms with Gasteiger partial charge in [-0.2, -0.15) is 0 Å². The topological polar surface area (TPSA) is 113 Å². The first-order valence-corrected chi connectivity index (χ1v) is 8.20. The molecule has 2 unspecified atom stereocenters. The van der Waals surface area contributed by atoms with Crippen molar-refractivity contribution in [3.05, 3.63) is 0 Å². The SMILES string of the molecule is O=C(NC1CCCS(=O)(=O)C1)NC(C(=O)O)C1CC1. The van der Waals surface area contributed by atoms with Gasteiger partial charge in [0.05, 0.1) is 11.5 Å². The predicted molar refractivity (Wildman–Crippen MR) is 67.5 cm³/mol. The van der Waals surface area contributed by atoms with E-state index in [2.05, 4.69) is 10.6 Å². The van der Waals surface area contributed by atoms with Crippen molar-refractivity contribution in [2.24, 2.45) is 5.92 Å². The van der Waals surface area contributed by atoms with Gasteiger partial charge in [0.2, 0.25) is 0 Å². The van der Waals surface area contributed by atoms with Gasteiger partial charge in [-0.3, -0.25) is 0 Å². The number of nitrogens with one attached hydrogen (secondary N) is 2. The normalized spacial score (nSPS) is 27.3. The van der Waals surface area contributed by atoms with E-state index in [0.29, 0.717) is 12.8 Å². The van der Waals surface area contributed by atoms with Crippen LogP contribution in [0.25, 0.3) is 0 Å². The lowest BCUT2D eigenvalue weighted by atomic mass is 10.2.